The van der Waals surface area contributed by atoms with Crippen molar-refractivity contribution in [2.24, 2.45) is 5.41 Å². The molecule has 1 saturated heterocycles. The molecule has 2 rings (SSSR count). The Morgan fingerprint density at radius 2 is 2.16 bits per heavy atom. The van der Waals surface area contributed by atoms with Gasteiger partial charge < -0.3 is 10.2 Å². The number of piperazine rings is 1. The van der Waals surface area contributed by atoms with E-state index >= 15 is 0 Å². The number of carbonyl (C=O) groups is 2. The first-order chi connectivity index (χ1) is 8.88. The van der Waals surface area contributed by atoms with Crippen molar-refractivity contribution >= 4 is 23.2 Å². The summed E-state index contributed by atoms with van der Waals surface area (Å²) in [5.41, 5.74) is 0.962. The van der Waals surface area contributed by atoms with Gasteiger partial charge in [0.2, 0.25) is 11.8 Å². The zero-order chi connectivity index (χ0) is 14.0. The molecule has 2 amide bonds. The lowest BCUT2D eigenvalue weighted by molar-refractivity contribution is -0.147. The number of nitrogens with one attached hydrogen (secondary N) is 1. The van der Waals surface area contributed by atoms with Crippen LogP contribution in [0.4, 0.5) is 0 Å². The van der Waals surface area contributed by atoms with E-state index < -0.39 is 6.04 Å². The van der Waals surface area contributed by atoms with Crippen LogP contribution in [0.15, 0.2) is 16.8 Å². The van der Waals surface area contributed by atoms with Gasteiger partial charge in [-0.25, -0.2) is 0 Å². The van der Waals surface area contributed by atoms with Crippen LogP contribution in [0.5, 0.6) is 0 Å². The van der Waals surface area contributed by atoms with Crippen LogP contribution in [-0.4, -0.2) is 35.8 Å². The van der Waals surface area contributed by atoms with E-state index in [1.165, 1.54) is 5.56 Å². The van der Waals surface area contributed by atoms with E-state index in [1.54, 1.807) is 16.2 Å². The van der Waals surface area contributed by atoms with Crippen molar-refractivity contribution in [3.63, 3.8) is 0 Å². The molecule has 1 aromatic heterocycles. The molecule has 19 heavy (non-hydrogen) atoms. The van der Waals surface area contributed by atoms with Gasteiger partial charge in [-0.2, -0.15) is 11.3 Å². The molecule has 4 nitrogen and oxygen atoms in total. The molecule has 1 unspecified atom stereocenters. The summed E-state index contributed by atoms with van der Waals surface area (Å²) in [6, 6.07) is 1.64. The van der Waals surface area contributed by atoms with E-state index in [2.05, 4.69) is 16.8 Å². The van der Waals surface area contributed by atoms with Crippen molar-refractivity contribution in [2.45, 2.75) is 33.2 Å². The predicted molar refractivity (Wildman–Crippen MR) is 76.0 cm³/mol. The molecule has 1 aliphatic rings. The quantitative estimate of drug-likeness (QED) is 0.915. The van der Waals surface area contributed by atoms with Gasteiger partial charge in [0.15, 0.2) is 0 Å². The molecule has 0 spiro atoms. The fraction of sp³-hybridized carbons (Fsp3) is 0.571. The van der Waals surface area contributed by atoms with E-state index in [4.69, 9.17) is 0 Å². The maximum atomic E-state index is 12.4. The van der Waals surface area contributed by atoms with E-state index in [-0.39, 0.29) is 23.8 Å². The third-order valence-electron chi connectivity index (χ3n) is 3.31. The zero-order valence-corrected chi connectivity index (χ0v) is 12.4. The second-order valence-corrected chi connectivity index (χ2v) is 6.79. The number of nitrogens with zero attached hydrogens (tertiary/aromatic N) is 1. The van der Waals surface area contributed by atoms with Crippen molar-refractivity contribution in [3.05, 3.63) is 22.4 Å². The Morgan fingerprint density at radius 1 is 1.42 bits per heavy atom. The highest BCUT2D eigenvalue weighted by atomic mass is 32.1. The second kappa shape index (κ2) is 5.33. The van der Waals surface area contributed by atoms with Crippen molar-refractivity contribution in [1.29, 1.82) is 0 Å². The Hall–Kier alpha value is -1.36. The molecule has 1 N–H and O–H groups in total. The minimum atomic E-state index is -0.420. The van der Waals surface area contributed by atoms with Crippen LogP contribution in [0, 0.1) is 5.41 Å². The van der Waals surface area contributed by atoms with Gasteiger partial charge in [0.1, 0.15) is 6.04 Å². The lowest BCUT2D eigenvalue weighted by atomic mass is 9.84. The summed E-state index contributed by atoms with van der Waals surface area (Å²) in [4.78, 5) is 25.8. The first-order valence-electron chi connectivity index (χ1n) is 6.47. The fourth-order valence-electron chi connectivity index (χ4n) is 2.18. The molecule has 5 heteroatoms. The van der Waals surface area contributed by atoms with Crippen LogP contribution >= 0.6 is 11.3 Å². The molecule has 1 aliphatic heterocycles. The number of thiophene rings is 1. The molecule has 0 saturated carbocycles. The normalized spacial score (nSPS) is 20.6. The fourth-order valence-corrected chi connectivity index (χ4v) is 2.88. The van der Waals surface area contributed by atoms with Gasteiger partial charge in [0, 0.05) is 6.54 Å². The molecule has 1 aromatic rings. The van der Waals surface area contributed by atoms with Crippen LogP contribution in [-0.2, 0) is 16.0 Å². The Morgan fingerprint density at radius 3 is 2.74 bits per heavy atom. The van der Waals surface area contributed by atoms with Gasteiger partial charge in [-0.05, 0) is 34.2 Å². The summed E-state index contributed by atoms with van der Waals surface area (Å²) in [6.07, 6.45) is 0.805. The minimum Gasteiger partial charge on any atom is -0.342 e. The van der Waals surface area contributed by atoms with Gasteiger partial charge in [0.25, 0.3) is 0 Å². The zero-order valence-electron chi connectivity index (χ0n) is 11.6. The highest BCUT2D eigenvalue weighted by molar-refractivity contribution is 7.07. The van der Waals surface area contributed by atoms with Crippen LogP contribution in [0.1, 0.15) is 26.3 Å². The third-order valence-corrected chi connectivity index (χ3v) is 4.05. The van der Waals surface area contributed by atoms with E-state index in [0.29, 0.717) is 6.54 Å². The van der Waals surface area contributed by atoms with Crippen molar-refractivity contribution < 1.29 is 9.59 Å². The van der Waals surface area contributed by atoms with Crippen molar-refractivity contribution in [1.82, 2.24) is 10.2 Å². The van der Waals surface area contributed by atoms with E-state index in [1.807, 2.05) is 26.2 Å². The summed E-state index contributed by atoms with van der Waals surface area (Å²) in [5, 5.41) is 6.91. The van der Waals surface area contributed by atoms with Crippen LogP contribution in [0.3, 0.4) is 0 Å². The van der Waals surface area contributed by atoms with E-state index in [0.717, 1.165) is 6.42 Å². The molecule has 1 fully saturated rings. The predicted octanol–water partition coefficient (Wildman–Crippen LogP) is 1.66. The summed E-state index contributed by atoms with van der Waals surface area (Å²) in [6.45, 7) is 6.69. The summed E-state index contributed by atoms with van der Waals surface area (Å²) < 4.78 is 0. The maximum absolute atomic E-state index is 12.4. The molecular weight excluding hydrogens is 260 g/mol. The molecule has 1 atom stereocenters. The smallest absolute Gasteiger partial charge is 0.246 e. The Labute approximate surface area is 117 Å². The van der Waals surface area contributed by atoms with Crippen LogP contribution < -0.4 is 5.32 Å². The molecule has 104 valence electrons. The monoisotopic (exact) mass is 280 g/mol. The van der Waals surface area contributed by atoms with Crippen LogP contribution in [0.2, 0.25) is 0 Å². The number of hydrogen-bond donors (Lipinski definition) is 1. The largest absolute Gasteiger partial charge is 0.342 e. The highest BCUT2D eigenvalue weighted by Crippen LogP contribution is 2.23. The molecule has 0 aliphatic carbocycles. The lowest BCUT2D eigenvalue weighted by Crippen LogP contribution is -2.62. The SMILES string of the molecule is CC(C)(C)C1NC(=O)CN(CCc2ccsc2)C1=O. The highest BCUT2D eigenvalue weighted by Gasteiger charge is 2.39. The Kier molecular flexibility index (Phi) is 3.94. The van der Waals surface area contributed by atoms with Gasteiger partial charge in [-0.15, -0.1) is 0 Å². The topological polar surface area (TPSA) is 49.4 Å². The summed E-state index contributed by atoms with van der Waals surface area (Å²) in [7, 11) is 0. The van der Waals surface area contributed by atoms with E-state index in [9.17, 15) is 9.59 Å². The Balaban J connectivity index is 2.03. The maximum Gasteiger partial charge on any atom is 0.246 e. The standard InChI is InChI=1S/C14H20N2O2S/c1-14(2,3)12-13(18)16(8-11(17)15-12)6-4-10-5-7-19-9-10/h5,7,9,12H,4,6,8H2,1-3H3,(H,15,17). The van der Waals surface area contributed by atoms with Gasteiger partial charge >= 0.3 is 0 Å². The van der Waals surface area contributed by atoms with Crippen LogP contribution in [0.25, 0.3) is 0 Å². The average Bonchev–Trinajstić information content (AvgIpc) is 2.81. The van der Waals surface area contributed by atoms with Crippen molar-refractivity contribution in [2.75, 3.05) is 13.1 Å². The number of amides is 2. The first kappa shape index (κ1) is 14.1. The minimum absolute atomic E-state index is 0.0299. The van der Waals surface area contributed by atoms with Gasteiger partial charge in [-0.1, -0.05) is 20.8 Å². The number of rotatable bonds is 3. The molecule has 0 bridgehead atoms. The lowest BCUT2D eigenvalue weighted by Gasteiger charge is -2.38. The van der Waals surface area contributed by atoms with Crippen molar-refractivity contribution in [3.8, 4) is 0 Å². The summed E-state index contributed by atoms with van der Waals surface area (Å²) >= 11 is 1.65. The molecule has 0 radical (unpaired) electrons. The summed E-state index contributed by atoms with van der Waals surface area (Å²) in [5.74, 6) is -0.0350. The Bertz CT molecular complexity index is 462. The second-order valence-electron chi connectivity index (χ2n) is 6.01. The molecule has 2 heterocycles. The van der Waals surface area contributed by atoms with Gasteiger partial charge in [-0.3, -0.25) is 9.59 Å². The third kappa shape index (κ3) is 3.35. The first-order valence-corrected chi connectivity index (χ1v) is 7.41. The average molecular weight is 280 g/mol. The molecule has 0 aromatic carbocycles. The number of hydrogen-bond acceptors (Lipinski definition) is 3. The molecular formula is C14H20N2O2S. The number of carbonyl (C=O) groups excluding carboxylic acids is 2. The van der Waals surface area contributed by atoms with Gasteiger partial charge in [0.05, 0.1) is 6.54 Å².